The molecule has 0 saturated heterocycles. The highest BCUT2D eigenvalue weighted by Gasteiger charge is 2.18. The van der Waals surface area contributed by atoms with Crippen LogP contribution in [0.2, 0.25) is 0 Å². The molecular weight excluding hydrogens is 108 g/mol. The van der Waals surface area contributed by atoms with Crippen molar-refractivity contribution in [3.05, 3.63) is 0 Å². The molecule has 0 amide bonds. The molecule has 2 unspecified atom stereocenters. The monoisotopic (exact) mass is 128 g/mol. The molecule has 1 rings (SSSR count). The molecule has 0 aromatic rings. The van der Waals surface area contributed by atoms with Crippen molar-refractivity contribution in [2.24, 2.45) is 11.8 Å². The lowest BCUT2D eigenvalue weighted by Gasteiger charge is -2.27. The zero-order chi connectivity index (χ0) is 6.69. The topological polar surface area (TPSA) is 0 Å². The summed E-state index contributed by atoms with van der Waals surface area (Å²) >= 11 is 0. The van der Waals surface area contributed by atoms with Gasteiger partial charge in [-0.25, -0.2) is 0 Å². The van der Waals surface area contributed by atoms with Gasteiger partial charge in [0, 0.05) is 1.43 Å². The highest BCUT2D eigenvalue weighted by atomic mass is 14.2. The van der Waals surface area contributed by atoms with Crippen LogP contribution in [0.1, 0.15) is 47.4 Å². The molecule has 0 radical (unpaired) electrons. The van der Waals surface area contributed by atoms with Crippen LogP contribution in [0.15, 0.2) is 0 Å². The quantitative estimate of drug-likeness (QED) is 0.507. The minimum atomic E-state index is 0. The normalized spacial score (nSPS) is 36.7. The fourth-order valence-corrected chi connectivity index (χ4v) is 2.00. The molecule has 2 atom stereocenters. The van der Waals surface area contributed by atoms with Crippen molar-refractivity contribution in [2.45, 2.75) is 46.0 Å². The lowest BCUT2D eigenvalue weighted by molar-refractivity contribution is 0.249. The predicted molar refractivity (Wildman–Crippen MR) is 43.5 cm³/mol. The van der Waals surface area contributed by atoms with Crippen LogP contribution in [0, 0.1) is 11.8 Å². The summed E-state index contributed by atoms with van der Waals surface area (Å²) in [5.74, 6) is 2.07. The maximum absolute atomic E-state index is 2.41. The van der Waals surface area contributed by atoms with Crippen molar-refractivity contribution in [3.63, 3.8) is 0 Å². The third kappa shape index (κ3) is 1.70. The van der Waals surface area contributed by atoms with Crippen LogP contribution in [-0.2, 0) is 0 Å². The first-order valence-corrected chi connectivity index (χ1v) is 4.34. The van der Waals surface area contributed by atoms with Crippen LogP contribution in [0.4, 0.5) is 0 Å². The minimum absolute atomic E-state index is 0. The Bertz CT molecular complexity index is 80.8. The summed E-state index contributed by atoms with van der Waals surface area (Å²) in [7, 11) is 0. The summed E-state index contributed by atoms with van der Waals surface area (Å²) < 4.78 is 0. The van der Waals surface area contributed by atoms with Gasteiger partial charge in [0.2, 0.25) is 0 Å². The van der Waals surface area contributed by atoms with Crippen molar-refractivity contribution >= 4 is 0 Å². The Kier molecular flexibility index (Phi) is 2.56. The first kappa shape index (κ1) is 7.11. The second kappa shape index (κ2) is 3.24. The number of hydrogen-bond acceptors (Lipinski definition) is 0. The van der Waals surface area contributed by atoms with Crippen molar-refractivity contribution < 1.29 is 1.43 Å². The van der Waals surface area contributed by atoms with E-state index in [4.69, 9.17) is 0 Å². The molecule has 1 fully saturated rings. The SMILES string of the molecule is CCC1CCCCC1C.[HH]. The summed E-state index contributed by atoms with van der Waals surface area (Å²) in [6, 6.07) is 0. The second-order valence-corrected chi connectivity index (χ2v) is 3.43. The van der Waals surface area contributed by atoms with E-state index < -0.39 is 0 Å². The van der Waals surface area contributed by atoms with Crippen LogP contribution >= 0.6 is 0 Å². The van der Waals surface area contributed by atoms with Gasteiger partial charge in [0.1, 0.15) is 0 Å². The van der Waals surface area contributed by atoms with E-state index in [1.165, 1.54) is 32.1 Å². The van der Waals surface area contributed by atoms with Crippen LogP contribution in [0.3, 0.4) is 0 Å². The van der Waals surface area contributed by atoms with Gasteiger partial charge in [0.05, 0.1) is 0 Å². The molecule has 1 aliphatic carbocycles. The lowest BCUT2D eigenvalue weighted by atomic mass is 9.79. The first-order valence-electron chi connectivity index (χ1n) is 4.34. The van der Waals surface area contributed by atoms with E-state index >= 15 is 0 Å². The average molecular weight is 128 g/mol. The van der Waals surface area contributed by atoms with Crippen molar-refractivity contribution in [1.82, 2.24) is 0 Å². The summed E-state index contributed by atoms with van der Waals surface area (Å²) in [5, 5.41) is 0. The largest absolute Gasteiger partial charge is 0.0651 e. The predicted octanol–water partition coefficient (Wildman–Crippen LogP) is 3.47. The second-order valence-electron chi connectivity index (χ2n) is 3.43. The summed E-state index contributed by atoms with van der Waals surface area (Å²) in [4.78, 5) is 0. The minimum Gasteiger partial charge on any atom is -0.0651 e. The fraction of sp³-hybridized carbons (Fsp3) is 1.00. The third-order valence-corrected chi connectivity index (χ3v) is 2.81. The molecule has 1 aliphatic rings. The van der Waals surface area contributed by atoms with E-state index in [9.17, 15) is 0 Å². The molecule has 0 aromatic heterocycles. The zero-order valence-corrected chi connectivity index (χ0v) is 6.69. The Balaban J connectivity index is 0.000000810. The first-order chi connectivity index (χ1) is 4.34. The van der Waals surface area contributed by atoms with Crippen molar-refractivity contribution in [2.75, 3.05) is 0 Å². The molecule has 0 bridgehead atoms. The van der Waals surface area contributed by atoms with E-state index in [0.29, 0.717) is 0 Å². The highest BCUT2D eigenvalue weighted by Crippen LogP contribution is 2.31. The van der Waals surface area contributed by atoms with E-state index in [-0.39, 0.29) is 1.43 Å². The molecule has 0 nitrogen and oxygen atoms in total. The lowest BCUT2D eigenvalue weighted by Crippen LogP contribution is -2.15. The molecule has 0 aliphatic heterocycles. The van der Waals surface area contributed by atoms with Crippen LogP contribution in [-0.4, -0.2) is 0 Å². The zero-order valence-electron chi connectivity index (χ0n) is 6.69. The molecule has 0 heteroatoms. The van der Waals surface area contributed by atoms with Crippen LogP contribution in [0.5, 0.6) is 0 Å². The Morgan fingerprint density at radius 2 is 2.00 bits per heavy atom. The molecule has 56 valence electrons. The van der Waals surface area contributed by atoms with Crippen LogP contribution < -0.4 is 0 Å². The van der Waals surface area contributed by atoms with Gasteiger partial charge in [0.15, 0.2) is 0 Å². The average Bonchev–Trinajstić information content (AvgIpc) is 1.89. The molecule has 0 heterocycles. The smallest absolute Gasteiger partial charge is 0 e. The van der Waals surface area contributed by atoms with Gasteiger partial charge in [-0.3, -0.25) is 0 Å². The molecule has 9 heavy (non-hydrogen) atoms. The van der Waals surface area contributed by atoms with Gasteiger partial charge < -0.3 is 0 Å². The summed E-state index contributed by atoms with van der Waals surface area (Å²) in [6.45, 7) is 4.74. The van der Waals surface area contributed by atoms with Gasteiger partial charge in [-0.05, 0) is 11.8 Å². The summed E-state index contributed by atoms with van der Waals surface area (Å²) in [5.41, 5.74) is 0. The Morgan fingerprint density at radius 1 is 1.33 bits per heavy atom. The van der Waals surface area contributed by atoms with E-state index in [1.807, 2.05) is 0 Å². The third-order valence-electron chi connectivity index (χ3n) is 2.81. The summed E-state index contributed by atoms with van der Waals surface area (Å²) in [6.07, 6.45) is 7.36. The highest BCUT2D eigenvalue weighted by molar-refractivity contribution is 4.70. The maximum atomic E-state index is 2.41. The Morgan fingerprint density at radius 3 is 2.44 bits per heavy atom. The van der Waals surface area contributed by atoms with E-state index in [1.54, 1.807) is 0 Å². The standard InChI is InChI=1S/C9H18.H2/c1-3-9-7-5-4-6-8(9)2;/h8-9H,3-7H2,1-2H3;1H. The Hall–Kier alpha value is 0. The molecular formula is C9H20. The van der Waals surface area contributed by atoms with Gasteiger partial charge >= 0.3 is 0 Å². The maximum Gasteiger partial charge on any atom is 0 e. The molecule has 0 spiro atoms. The fourth-order valence-electron chi connectivity index (χ4n) is 2.00. The van der Waals surface area contributed by atoms with E-state index in [2.05, 4.69) is 13.8 Å². The van der Waals surface area contributed by atoms with Crippen molar-refractivity contribution in [3.8, 4) is 0 Å². The van der Waals surface area contributed by atoms with Crippen LogP contribution in [0.25, 0.3) is 0 Å². The van der Waals surface area contributed by atoms with Gasteiger partial charge in [-0.15, -0.1) is 0 Å². The molecule has 0 aromatic carbocycles. The molecule has 1 saturated carbocycles. The number of rotatable bonds is 1. The molecule has 0 N–H and O–H groups in total. The number of hydrogen-bond donors (Lipinski definition) is 0. The van der Waals surface area contributed by atoms with E-state index in [0.717, 1.165) is 11.8 Å². The van der Waals surface area contributed by atoms with Crippen molar-refractivity contribution in [1.29, 1.82) is 0 Å². The Labute approximate surface area is 60.1 Å². The van der Waals surface area contributed by atoms with Gasteiger partial charge in [0.25, 0.3) is 0 Å². The van der Waals surface area contributed by atoms with Gasteiger partial charge in [-0.1, -0.05) is 46.0 Å². The van der Waals surface area contributed by atoms with Gasteiger partial charge in [-0.2, -0.15) is 0 Å².